The Morgan fingerprint density at radius 1 is 1.25 bits per heavy atom. The minimum atomic E-state index is -0.280. The van der Waals surface area contributed by atoms with Gasteiger partial charge in [0.2, 0.25) is 0 Å². The molecular weight excluding hydrogens is 345 g/mol. The third kappa shape index (κ3) is 4.78. The molecular formula is C15H14BrClFNO. The summed E-state index contributed by atoms with van der Waals surface area (Å²) in [5, 5.41) is 0.616. The zero-order valence-corrected chi connectivity index (χ0v) is 13.0. The summed E-state index contributed by atoms with van der Waals surface area (Å²) in [5.74, 6) is 0.394. The van der Waals surface area contributed by atoms with Crippen molar-refractivity contribution < 1.29 is 9.13 Å². The molecule has 1 atom stereocenters. The van der Waals surface area contributed by atoms with Gasteiger partial charge in [0.1, 0.15) is 18.2 Å². The smallest absolute Gasteiger partial charge is 0.124 e. The minimum absolute atomic E-state index is 0.220. The van der Waals surface area contributed by atoms with Gasteiger partial charge in [-0.2, -0.15) is 0 Å². The zero-order chi connectivity index (χ0) is 14.5. The Morgan fingerprint density at radius 3 is 2.75 bits per heavy atom. The first-order chi connectivity index (χ1) is 9.52. The van der Waals surface area contributed by atoms with E-state index in [-0.39, 0.29) is 11.9 Å². The number of hydrogen-bond donors (Lipinski definition) is 1. The highest BCUT2D eigenvalue weighted by Crippen LogP contribution is 2.18. The first kappa shape index (κ1) is 15.3. The third-order valence-electron chi connectivity index (χ3n) is 2.68. The monoisotopic (exact) mass is 357 g/mol. The fraction of sp³-hybridized carbons (Fsp3) is 0.200. The van der Waals surface area contributed by atoms with Crippen molar-refractivity contribution in [3.05, 3.63) is 63.3 Å². The molecule has 0 saturated carbocycles. The van der Waals surface area contributed by atoms with E-state index in [0.717, 1.165) is 5.56 Å². The third-order valence-corrected chi connectivity index (χ3v) is 3.37. The van der Waals surface area contributed by atoms with Crippen molar-refractivity contribution in [3.8, 4) is 5.75 Å². The first-order valence-corrected chi connectivity index (χ1v) is 7.29. The summed E-state index contributed by atoms with van der Waals surface area (Å²) in [6, 6.07) is 11.7. The maximum absolute atomic E-state index is 13.3. The molecule has 106 valence electrons. The minimum Gasteiger partial charge on any atom is -0.492 e. The highest BCUT2D eigenvalue weighted by molar-refractivity contribution is 9.10. The van der Waals surface area contributed by atoms with Crippen LogP contribution in [0.15, 0.2) is 46.9 Å². The van der Waals surface area contributed by atoms with Crippen molar-refractivity contribution in [2.45, 2.75) is 12.5 Å². The number of nitrogens with two attached hydrogens (primary N) is 1. The van der Waals surface area contributed by atoms with Crippen LogP contribution in [-0.4, -0.2) is 12.6 Å². The molecule has 0 spiro atoms. The predicted molar refractivity (Wildman–Crippen MR) is 82.7 cm³/mol. The molecule has 2 N–H and O–H groups in total. The first-order valence-electron chi connectivity index (χ1n) is 6.12. The Bertz CT molecular complexity index is 574. The van der Waals surface area contributed by atoms with E-state index < -0.39 is 0 Å². The Kier molecular flexibility index (Phi) is 5.40. The molecule has 0 aliphatic carbocycles. The highest BCUT2D eigenvalue weighted by Gasteiger charge is 2.07. The van der Waals surface area contributed by atoms with Crippen molar-refractivity contribution in [1.29, 1.82) is 0 Å². The number of rotatable bonds is 5. The quantitative estimate of drug-likeness (QED) is 0.870. The van der Waals surface area contributed by atoms with Crippen LogP contribution in [0.2, 0.25) is 5.02 Å². The van der Waals surface area contributed by atoms with Crippen LogP contribution in [0.1, 0.15) is 5.56 Å². The average molecular weight is 359 g/mol. The largest absolute Gasteiger partial charge is 0.492 e. The maximum Gasteiger partial charge on any atom is 0.124 e. The van der Waals surface area contributed by atoms with E-state index in [2.05, 4.69) is 15.9 Å². The van der Waals surface area contributed by atoms with Gasteiger partial charge in [0, 0.05) is 15.5 Å². The van der Waals surface area contributed by atoms with Crippen molar-refractivity contribution in [2.24, 2.45) is 5.73 Å². The Labute approximate surface area is 130 Å². The van der Waals surface area contributed by atoms with E-state index in [4.69, 9.17) is 22.1 Å². The van der Waals surface area contributed by atoms with E-state index in [1.54, 1.807) is 12.1 Å². The molecule has 20 heavy (non-hydrogen) atoms. The number of ether oxygens (including phenoxy) is 1. The van der Waals surface area contributed by atoms with Crippen LogP contribution in [0.3, 0.4) is 0 Å². The van der Waals surface area contributed by atoms with Crippen molar-refractivity contribution in [3.63, 3.8) is 0 Å². The summed E-state index contributed by atoms with van der Waals surface area (Å²) in [5.41, 5.74) is 6.83. The lowest BCUT2D eigenvalue weighted by Crippen LogP contribution is -2.30. The van der Waals surface area contributed by atoms with Gasteiger partial charge in [0.25, 0.3) is 0 Å². The molecule has 0 saturated heterocycles. The van der Waals surface area contributed by atoms with Gasteiger partial charge in [-0.05, 0) is 48.4 Å². The van der Waals surface area contributed by atoms with Gasteiger partial charge >= 0.3 is 0 Å². The van der Waals surface area contributed by atoms with Gasteiger partial charge in [0.15, 0.2) is 0 Å². The van der Waals surface area contributed by atoms with Gasteiger partial charge in [-0.1, -0.05) is 33.6 Å². The summed E-state index contributed by atoms with van der Waals surface area (Å²) in [6.45, 7) is 0.342. The molecule has 2 rings (SSSR count). The van der Waals surface area contributed by atoms with Crippen LogP contribution >= 0.6 is 27.5 Å². The van der Waals surface area contributed by atoms with E-state index in [0.29, 0.717) is 28.3 Å². The molecule has 0 aliphatic rings. The van der Waals surface area contributed by atoms with Gasteiger partial charge in [0.05, 0.1) is 0 Å². The van der Waals surface area contributed by atoms with Crippen molar-refractivity contribution >= 4 is 27.5 Å². The molecule has 0 fully saturated rings. The van der Waals surface area contributed by atoms with Crippen LogP contribution in [-0.2, 0) is 6.42 Å². The molecule has 2 aromatic rings. The molecule has 2 aromatic carbocycles. The second kappa shape index (κ2) is 7.07. The number of hydrogen-bond acceptors (Lipinski definition) is 2. The van der Waals surface area contributed by atoms with E-state index in [1.165, 1.54) is 12.1 Å². The molecule has 0 aliphatic heterocycles. The van der Waals surface area contributed by atoms with E-state index in [9.17, 15) is 4.39 Å². The van der Waals surface area contributed by atoms with Gasteiger partial charge in [-0.3, -0.25) is 0 Å². The Morgan fingerprint density at radius 2 is 2.05 bits per heavy atom. The number of benzene rings is 2. The summed E-state index contributed by atoms with van der Waals surface area (Å²) in [7, 11) is 0. The normalized spacial score (nSPS) is 12.2. The molecule has 2 nitrogen and oxygen atoms in total. The molecule has 0 radical (unpaired) electrons. The second-order valence-corrected chi connectivity index (χ2v) is 5.86. The van der Waals surface area contributed by atoms with E-state index in [1.807, 2.05) is 18.2 Å². The lowest BCUT2D eigenvalue weighted by Gasteiger charge is -2.14. The summed E-state index contributed by atoms with van der Waals surface area (Å²) in [6.07, 6.45) is 0.539. The molecule has 0 bridgehead atoms. The van der Waals surface area contributed by atoms with Crippen LogP contribution < -0.4 is 10.5 Å². The zero-order valence-electron chi connectivity index (χ0n) is 10.7. The molecule has 0 amide bonds. The van der Waals surface area contributed by atoms with Gasteiger partial charge in [-0.25, -0.2) is 4.39 Å². The van der Waals surface area contributed by atoms with Gasteiger partial charge in [-0.15, -0.1) is 0 Å². The van der Waals surface area contributed by atoms with E-state index >= 15 is 0 Å². The second-order valence-electron chi connectivity index (χ2n) is 4.51. The molecule has 0 aromatic heterocycles. The van der Waals surface area contributed by atoms with Crippen LogP contribution in [0.4, 0.5) is 4.39 Å². The summed E-state index contributed by atoms with van der Waals surface area (Å²) >= 11 is 9.13. The SMILES string of the molecule is NC(COc1cccc(Cl)c1)Cc1cc(F)cc(Br)c1. The average Bonchev–Trinajstić information content (AvgIpc) is 2.35. The summed E-state index contributed by atoms with van der Waals surface area (Å²) in [4.78, 5) is 0. The fourth-order valence-corrected chi connectivity index (χ4v) is 2.54. The topological polar surface area (TPSA) is 35.2 Å². The molecule has 1 unspecified atom stereocenters. The maximum atomic E-state index is 13.3. The Balaban J connectivity index is 1.90. The lowest BCUT2D eigenvalue weighted by atomic mass is 10.1. The fourth-order valence-electron chi connectivity index (χ4n) is 1.85. The van der Waals surface area contributed by atoms with Gasteiger partial charge < -0.3 is 10.5 Å². The lowest BCUT2D eigenvalue weighted by molar-refractivity contribution is 0.287. The molecule has 0 heterocycles. The van der Waals surface area contributed by atoms with Crippen molar-refractivity contribution in [2.75, 3.05) is 6.61 Å². The standard InChI is InChI=1S/C15H14BrClFNO/c16-11-4-10(5-13(18)7-11)6-14(19)9-20-15-3-1-2-12(17)8-15/h1-5,7-8,14H,6,9,19H2. The van der Waals surface area contributed by atoms with Crippen LogP contribution in [0, 0.1) is 5.82 Å². The Hall–Kier alpha value is -1.10. The van der Waals surface area contributed by atoms with Crippen LogP contribution in [0.25, 0.3) is 0 Å². The highest BCUT2D eigenvalue weighted by atomic mass is 79.9. The summed E-state index contributed by atoms with van der Waals surface area (Å²) < 4.78 is 19.5. The number of halogens is 3. The van der Waals surface area contributed by atoms with Crippen LogP contribution in [0.5, 0.6) is 5.75 Å². The predicted octanol–water partition coefficient (Wildman–Crippen LogP) is 4.19. The molecule has 5 heteroatoms. The van der Waals surface area contributed by atoms with Crippen molar-refractivity contribution in [1.82, 2.24) is 0 Å².